The highest BCUT2D eigenvalue weighted by atomic mass is 32.1. The van der Waals surface area contributed by atoms with E-state index in [4.69, 9.17) is 4.74 Å². The summed E-state index contributed by atoms with van der Waals surface area (Å²) in [6.45, 7) is 0. The molecule has 0 unspecified atom stereocenters. The van der Waals surface area contributed by atoms with Gasteiger partial charge in [-0.15, -0.1) is 11.3 Å². The molecule has 0 saturated heterocycles. The number of nitro groups is 1. The fourth-order valence-electron chi connectivity index (χ4n) is 2.15. The van der Waals surface area contributed by atoms with Gasteiger partial charge in [0.05, 0.1) is 23.9 Å². The predicted molar refractivity (Wildman–Crippen MR) is 98.4 cm³/mol. The van der Waals surface area contributed by atoms with Gasteiger partial charge >= 0.3 is 0 Å². The largest absolute Gasteiger partial charge is 0.496 e. The number of non-ortho nitro benzene ring substituents is 1. The van der Waals surface area contributed by atoms with E-state index in [1.807, 2.05) is 29.6 Å². The summed E-state index contributed by atoms with van der Waals surface area (Å²) in [5.41, 5.74) is 5.37. The first-order valence-electron chi connectivity index (χ1n) is 7.30. The fourth-order valence-corrected chi connectivity index (χ4v) is 2.81. The molecule has 2 aromatic carbocycles. The van der Waals surface area contributed by atoms with E-state index in [2.05, 4.69) is 15.5 Å². The SMILES string of the molecule is COc1ccccc1-c1csc(N/N=C\c2ccc([N+](=O)[O-])cc2)n1. The van der Waals surface area contributed by atoms with Crippen LogP contribution in [0.15, 0.2) is 59.0 Å². The van der Waals surface area contributed by atoms with Crippen molar-refractivity contribution in [1.29, 1.82) is 0 Å². The second-order valence-electron chi connectivity index (χ2n) is 4.96. The van der Waals surface area contributed by atoms with Crippen molar-refractivity contribution >= 4 is 28.4 Å². The minimum atomic E-state index is -0.436. The van der Waals surface area contributed by atoms with Crippen LogP contribution in [0.25, 0.3) is 11.3 Å². The summed E-state index contributed by atoms with van der Waals surface area (Å²) in [6.07, 6.45) is 1.58. The third-order valence-corrected chi connectivity index (χ3v) is 4.11. The molecule has 8 heteroatoms. The summed E-state index contributed by atoms with van der Waals surface area (Å²) in [5, 5.41) is 17.3. The maximum absolute atomic E-state index is 10.6. The molecule has 0 aliphatic rings. The van der Waals surface area contributed by atoms with Gasteiger partial charge < -0.3 is 4.74 Å². The van der Waals surface area contributed by atoms with E-state index in [-0.39, 0.29) is 5.69 Å². The van der Waals surface area contributed by atoms with Crippen molar-refractivity contribution in [3.63, 3.8) is 0 Å². The van der Waals surface area contributed by atoms with Gasteiger partial charge in [-0.25, -0.2) is 4.98 Å². The lowest BCUT2D eigenvalue weighted by molar-refractivity contribution is -0.384. The van der Waals surface area contributed by atoms with Crippen molar-refractivity contribution in [2.75, 3.05) is 12.5 Å². The quantitative estimate of drug-likeness (QED) is 0.407. The lowest BCUT2D eigenvalue weighted by Crippen LogP contribution is -1.92. The lowest BCUT2D eigenvalue weighted by Gasteiger charge is -2.04. The summed E-state index contributed by atoms with van der Waals surface area (Å²) >= 11 is 1.42. The molecule has 0 amide bonds. The molecule has 0 bridgehead atoms. The van der Waals surface area contributed by atoms with E-state index in [0.29, 0.717) is 5.13 Å². The fraction of sp³-hybridized carbons (Fsp3) is 0.0588. The molecule has 3 aromatic rings. The van der Waals surface area contributed by atoms with Gasteiger partial charge in [-0.05, 0) is 29.8 Å². The highest BCUT2D eigenvalue weighted by Crippen LogP contribution is 2.31. The van der Waals surface area contributed by atoms with E-state index < -0.39 is 4.92 Å². The molecule has 0 aliphatic carbocycles. The topological polar surface area (TPSA) is 89.6 Å². The minimum Gasteiger partial charge on any atom is -0.496 e. The average Bonchev–Trinajstić information content (AvgIpc) is 3.11. The molecule has 3 rings (SSSR count). The van der Waals surface area contributed by atoms with Crippen molar-refractivity contribution in [1.82, 2.24) is 4.98 Å². The Morgan fingerprint density at radius 3 is 2.72 bits per heavy atom. The first-order chi connectivity index (χ1) is 12.2. The Morgan fingerprint density at radius 1 is 1.24 bits per heavy atom. The summed E-state index contributed by atoms with van der Waals surface area (Å²) in [7, 11) is 1.62. The van der Waals surface area contributed by atoms with Gasteiger partial charge in [-0.3, -0.25) is 15.5 Å². The summed E-state index contributed by atoms with van der Waals surface area (Å²) in [6, 6.07) is 13.8. The van der Waals surface area contributed by atoms with Crippen LogP contribution < -0.4 is 10.2 Å². The molecule has 0 fully saturated rings. The van der Waals surface area contributed by atoms with E-state index in [1.165, 1.54) is 23.5 Å². The Morgan fingerprint density at radius 2 is 2.00 bits per heavy atom. The number of hydrogen-bond acceptors (Lipinski definition) is 7. The van der Waals surface area contributed by atoms with E-state index in [9.17, 15) is 10.1 Å². The zero-order valence-corrected chi connectivity index (χ0v) is 14.1. The van der Waals surface area contributed by atoms with Gasteiger partial charge in [0, 0.05) is 23.1 Å². The number of rotatable bonds is 6. The number of methoxy groups -OCH3 is 1. The molecule has 0 aliphatic heterocycles. The normalized spacial score (nSPS) is 10.8. The molecule has 25 heavy (non-hydrogen) atoms. The number of anilines is 1. The monoisotopic (exact) mass is 354 g/mol. The molecule has 1 heterocycles. The van der Waals surface area contributed by atoms with E-state index >= 15 is 0 Å². The van der Waals surface area contributed by atoms with Crippen molar-refractivity contribution in [3.05, 3.63) is 69.6 Å². The number of nitrogens with one attached hydrogen (secondary N) is 1. The predicted octanol–water partition coefficient (Wildman–Crippen LogP) is 4.17. The third-order valence-electron chi connectivity index (χ3n) is 3.36. The number of benzene rings is 2. The number of para-hydroxylation sites is 1. The third kappa shape index (κ3) is 3.99. The number of ether oxygens (including phenoxy) is 1. The van der Waals surface area contributed by atoms with Gasteiger partial charge in [-0.2, -0.15) is 5.10 Å². The second-order valence-corrected chi connectivity index (χ2v) is 5.81. The molecule has 126 valence electrons. The minimum absolute atomic E-state index is 0.0477. The number of thiazole rings is 1. The van der Waals surface area contributed by atoms with Crippen molar-refractivity contribution in [3.8, 4) is 17.0 Å². The number of nitro benzene ring substituents is 1. The van der Waals surface area contributed by atoms with Gasteiger partial charge in [0.25, 0.3) is 5.69 Å². The van der Waals surface area contributed by atoms with Crippen LogP contribution >= 0.6 is 11.3 Å². The molecule has 0 atom stereocenters. The molecule has 0 radical (unpaired) electrons. The van der Waals surface area contributed by atoms with Crippen LogP contribution in [0.4, 0.5) is 10.8 Å². The molecular weight excluding hydrogens is 340 g/mol. The van der Waals surface area contributed by atoms with Crippen LogP contribution in [0.1, 0.15) is 5.56 Å². The Balaban J connectivity index is 1.68. The molecule has 7 nitrogen and oxygen atoms in total. The lowest BCUT2D eigenvalue weighted by atomic mass is 10.1. The Bertz CT molecular complexity index is 906. The highest BCUT2D eigenvalue weighted by Gasteiger charge is 2.09. The Labute approximate surface area is 147 Å². The van der Waals surface area contributed by atoms with Gasteiger partial charge in [-0.1, -0.05) is 12.1 Å². The van der Waals surface area contributed by atoms with Crippen molar-refractivity contribution in [2.24, 2.45) is 5.10 Å². The highest BCUT2D eigenvalue weighted by molar-refractivity contribution is 7.14. The molecule has 1 aromatic heterocycles. The van der Waals surface area contributed by atoms with Gasteiger partial charge in [0.2, 0.25) is 5.13 Å². The standard InChI is InChI=1S/C17H14N4O3S/c1-24-16-5-3-2-4-14(16)15-11-25-17(19-15)20-18-10-12-6-8-13(9-7-12)21(22)23/h2-11H,1H3,(H,19,20)/b18-10-. The Hall–Kier alpha value is -3.26. The van der Waals surface area contributed by atoms with Crippen molar-refractivity contribution < 1.29 is 9.66 Å². The molecule has 0 saturated carbocycles. The van der Waals surface area contributed by atoms with Crippen molar-refractivity contribution in [2.45, 2.75) is 0 Å². The summed E-state index contributed by atoms with van der Waals surface area (Å²) in [4.78, 5) is 14.7. The van der Waals surface area contributed by atoms with E-state index in [0.717, 1.165) is 22.6 Å². The smallest absolute Gasteiger partial charge is 0.269 e. The van der Waals surface area contributed by atoms with Crippen LogP contribution in [-0.4, -0.2) is 23.2 Å². The average molecular weight is 354 g/mol. The number of aromatic nitrogens is 1. The van der Waals surface area contributed by atoms with E-state index in [1.54, 1.807) is 25.5 Å². The first kappa shape index (κ1) is 16.6. The maximum Gasteiger partial charge on any atom is 0.269 e. The maximum atomic E-state index is 10.6. The van der Waals surface area contributed by atoms with Crippen LogP contribution in [-0.2, 0) is 0 Å². The Kier molecular flexibility index (Phi) is 5.00. The van der Waals surface area contributed by atoms with Gasteiger partial charge in [0.15, 0.2) is 0 Å². The summed E-state index contributed by atoms with van der Waals surface area (Å²) < 4.78 is 5.34. The molecule has 1 N–H and O–H groups in total. The van der Waals surface area contributed by atoms with Crippen LogP contribution in [0.3, 0.4) is 0 Å². The molecular formula is C17H14N4O3S. The second kappa shape index (κ2) is 7.54. The zero-order chi connectivity index (χ0) is 17.6. The van der Waals surface area contributed by atoms with Gasteiger partial charge in [0.1, 0.15) is 5.75 Å². The summed E-state index contributed by atoms with van der Waals surface area (Å²) in [5.74, 6) is 0.758. The number of nitrogens with zero attached hydrogens (tertiary/aromatic N) is 3. The molecule has 0 spiro atoms. The van der Waals surface area contributed by atoms with Crippen LogP contribution in [0, 0.1) is 10.1 Å². The first-order valence-corrected chi connectivity index (χ1v) is 8.18. The van der Waals surface area contributed by atoms with Crippen LogP contribution in [0.5, 0.6) is 5.75 Å². The zero-order valence-electron chi connectivity index (χ0n) is 13.2. The number of hydrazone groups is 1. The van der Waals surface area contributed by atoms with Crippen LogP contribution in [0.2, 0.25) is 0 Å². The number of hydrogen-bond donors (Lipinski definition) is 1.